The fourth-order valence-corrected chi connectivity index (χ4v) is 5.87. The Kier molecular flexibility index (Phi) is 4.91. The Labute approximate surface area is 177 Å². The van der Waals surface area contributed by atoms with E-state index in [1.165, 1.54) is 54.8 Å². The van der Waals surface area contributed by atoms with Gasteiger partial charge in [-0.05, 0) is 55.0 Å². The Balaban J connectivity index is 1.23. The number of rotatable bonds is 5. The quantitative estimate of drug-likeness (QED) is 0.697. The van der Waals surface area contributed by atoms with Crippen molar-refractivity contribution in [3.05, 3.63) is 58.9 Å². The molecule has 1 unspecified atom stereocenters. The van der Waals surface area contributed by atoms with Gasteiger partial charge in [-0.1, -0.05) is 25.1 Å². The second kappa shape index (κ2) is 7.59. The van der Waals surface area contributed by atoms with Gasteiger partial charge in [0.25, 0.3) is 0 Å². The number of fused-ring (bicyclic) bond motifs is 3. The van der Waals surface area contributed by atoms with E-state index in [0.717, 1.165) is 26.1 Å². The maximum atomic E-state index is 13.3. The minimum atomic E-state index is -0.409. The first-order chi connectivity index (χ1) is 14.6. The van der Waals surface area contributed by atoms with Crippen LogP contribution in [0.1, 0.15) is 42.9 Å². The topological polar surface area (TPSA) is 39.5 Å². The smallest absolute Gasteiger partial charge is 0.137 e. The van der Waals surface area contributed by atoms with Crippen LogP contribution in [0.3, 0.4) is 0 Å². The molecule has 5 heteroatoms. The summed E-state index contributed by atoms with van der Waals surface area (Å²) in [5.41, 5.74) is 5.03. The summed E-state index contributed by atoms with van der Waals surface area (Å²) in [5, 5.41) is 9.16. The molecule has 5 rings (SSSR count). The molecule has 0 spiro atoms. The van der Waals surface area contributed by atoms with E-state index in [9.17, 15) is 4.39 Å². The number of hydrogen-bond donors (Lipinski definition) is 0. The molecule has 0 aliphatic carbocycles. The summed E-state index contributed by atoms with van der Waals surface area (Å²) in [4.78, 5) is 5.26. The Morgan fingerprint density at radius 1 is 1.27 bits per heavy atom. The predicted molar refractivity (Wildman–Crippen MR) is 116 cm³/mol. The summed E-state index contributed by atoms with van der Waals surface area (Å²) >= 11 is 0. The van der Waals surface area contributed by atoms with E-state index in [4.69, 9.17) is 10.00 Å². The molecule has 0 saturated carbocycles. The van der Waals surface area contributed by atoms with Crippen molar-refractivity contribution in [3.8, 4) is 11.8 Å². The molecule has 2 aromatic carbocycles. The van der Waals surface area contributed by atoms with Crippen molar-refractivity contribution in [1.29, 1.82) is 5.26 Å². The van der Waals surface area contributed by atoms with E-state index in [0.29, 0.717) is 18.4 Å². The van der Waals surface area contributed by atoms with Gasteiger partial charge in [-0.2, -0.15) is 5.26 Å². The van der Waals surface area contributed by atoms with Crippen LogP contribution in [0.4, 0.5) is 10.1 Å². The molecule has 0 radical (unpaired) electrons. The van der Waals surface area contributed by atoms with Crippen molar-refractivity contribution in [2.75, 3.05) is 37.7 Å². The summed E-state index contributed by atoms with van der Waals surface area (Å²) in [6, 6.07) is 13.6. The second-order valence-corrected chi connectivity index (χ2v) is 9.06. The fourth-order valence-electron chi connectivity index (χ4n) is 5.87. The summed E-state index contributed by atoms with van der Waals surface area (Å²) in [6.45, 7) is 7.33. The standard InChI is InChI=1S/C25H28FN3O/c1-25-17-28(11-4-14-30-22-9-8-20(26)15-19(22)16-27)13-10-23(25)29-12-3-6-18-5-2-7-21(25)24(18)29/h2,5,7-9,15,23H,3-4,6,10-14,17H2,1H3/t23?,25-/m0/s1. The zero-order valence-electron chi connectivity index (χ0n) is 17.5. The van der Waals surface area contributed by atoms with Gasteiger partial charge in [0.1, 0.15) is 17.6 Å². The van der Waals surface area contributed by atoms with Gasteiger partial charge in [0.05, 0.1) is 12.2 Å². The summed E-state index contributed by atoms with van der Waals surface area (Å²) in [7, 11) is 0. The van der Waals surface area contributed by atoms with Crippen LogP contribution >= 0.6 is 0 Å². The van der Waals surface area contributed by atoms with Crippen LogP contribution in [0.15, 0.2) is 36.4 Å². The molecule has 156 valence electrons. The number of para-hydroxylation sites is 1. The average molecular weight is 406 g/mol. The normalized spacial score (nSPS) is 24.8. The highest BCUT2D eigenvalue weighted by atomic mass is 19.1. The largest absolute Gasteiger partial charge is 0.492 e. The van der Waals surface area contributed by atoms with Crippen molar-refractivity contribution in [2.24, 2.45) is 0 Å². The van der Waals surface area contributed by atoms with E-state index >= 15 is 0 Å². The van der Waals surface area contributed by atoms with Gasteiger partial charge in [0.2, 0.25) is 0 Å². The summed E-state index contributed by atoms with van der Waals surface area (Å²) < 4.78 is 19.1. The molecule has 0 bridgehead atoms. The van der Waals surface area contributed by atoms with Crippen LogP contribution in [-0.2, 0) is 11.8 Å². The van der Waals surface area contributed by atoms with Crippen molar-refractivity contribution >= 4 is 5.69 Å². The zero-order valence-corrected chi connectivity index (χ0v) is 17.5. The lowest BCUT2D eigenvalue weighted by Crippen LogP contribution is -2.56. The highest BCUT2D eigenvalue weighted by Crippen LogP contribution is 2.51. The number of hydrogen-bond acceptors (Lipinski definition) is 4. The molecular formula is C25H28FN3O. The number of likely N-dealkylation sites (tertiary alicyclic amines) is 1. The molecule has 3 aliphatic heterocycles. The maximum absolute atomic E-state index is 13.3. The van der Waals surface area contributed by atoms with Gasteiger partial charge >= 0.3 is 0 Å². The molecule has 0 amide bonds. The zero-order chi connectivity index (χ0) is 20.7. The Morgan fingerprint density at radius 2 is 2.17 bits per heavy atom. The van der Waals surface area contributed by atoms with Crippen molar-refractivity contribution in [3.63, 3.8) is 0 Å². The van der Waals surface area contributed by atoms with Gasteiger partial charge in [-0.15, -0.1) is 0 Å². The van der Waals surface area contributed by atoms with Gasteiger partial charge in [0, 0.05) is 43.3 Å². The molecule has 3 aliphatic rings. The SMILES string of the molecule is C[C@@]12CN(CCCOc3ccc(F)cc3C#N)CCC1N1CCCc3cccc2c31. The molecule has 0 aromatic heterocycles. The Hall–Kier alpha value is -2.58. The summed E-state index contributed by atoms with van der Waals surface area (Å²) in [6.07, 6.45) is 4.55. The van der Waals surface area contributed by atoms with Gasteiger partial charge in [0.15, 0.2) is 0 Å². The Bertz CT molecular complexity index is 1000. The van der Waals surface area contributed by atoms with Gasteiger partial charge < -0.3 is 14.5 Å². The summed E-state index contributed by atoms with van der Waals surface area (Å²) in [5.74, 6) is 0.0591. The average Bonchev–Trinajstić information content (AvgIpc) is 3.02. The predicted octanol–water partition coefficient (Wildman–Crippen LogP) is 4.26. The number of piperidine rings is 1. The number of anilines is 1. The lowest BCUT2D eigenvalue weighted by molar-refractivity contribution is 0.133. The molecule has 0 N–H and O–H groups in total. The van der Waals surface area contributed by atoms with Crippen LogP contribution in [-0.4, -0.2) is 43.7 Å². The van der Waals surface area contributed by atoms with E-state index < -0.39 is 5.82 Å². The van der Waals surface area contributed by atoms with Crippen LogP contribution in [0, 0.1) is 17.1 Å². The molecule has 2 atom stereocenters. The van der Waals surface area contributed by atoms with Crippen LogP contribution in [0.2, 0.25) is 0 Å². The lowest BCUT2D eigenvalue weighted by Gasteiger charge is -2.46. The van der Waals surface area contributed by atoms with E-state index in [1.807, 2.05) is 6.07 Å². The molecular weight excluding hydrogens is 377 g/mol. The molecule has 30 heavy (non-hydrogen) atoms. The van der Waals surface area contributed by atoms with E-state index in [2.05, 4.69) is 34.9 Å². The fraction of sp³-hybridized carbons (Fsp3) is 0.480. The third-order valence-electron chi connectivity index (χ3n) is 7.19. The van der Waals surface area contributed by atoms with E-state index in [1.54, 1.807) is 6.07 Å². The maximum Gasteiger partial charge on any atom is 0.137 e. The first-order valence-electron chi connectivity index (χ1n) is 11.0. The second-order valence-electron chi connectivity index (χ2n) is 9.06. The van der Waals surface area contributed by atoms with E-state index in [-0.39, 0.29) is 11.0 Å². The monoisotopic (exact) mass is 405 g/mol. The van der Waals surface area contributed by atoms with Gasteiger partial charge in [-0.3, -0.25) is 0 Å². The minimum Gasteiger partial charge on any atom is -0.492 e. The third kappa shape index (κ3) is 3.15. The van der Waals surface area contributed by atoms with Crippen molar-refractivity contribution in [2.45, 2.75) is 44.1 Å². The third-order valence-corrected chi connectivity index (χ3v) is 7.19. The number of halogens is 1. The highest BCUT2D eigenvalue weighted by Gasteiger charge is 2.51. The van der Waals surface area contributed by atoms with Crippen LogP contribution in [0.5, 0.6) is 5.75 Å². The van der Waals surface area contributed by atoms with Crippen LogP contribution in [0.25, 0.3) is 0 Å². The Morgan fingerprint density at radius 3 is 3.03 bits per heavy atom. The molecule has 3 heterocycles. The number of nitriles is 1. The van der Waals surface area contributed by atoms with Crippen molar-refractivity contribution in [1.82, 2.24) is 4.90 Å². The minimum absolute atomic E-state index is 0.180. The first kappa shape index (κ1) is 19.4. The lowest BCUT2D eigenvalue weighted by atomic mass is 9.74. The molecule has 1 fully saturated rings. The number of benzene rings is 2. The van der Waals surface area contributed by atoms with Crippen LogP contribution < -0.4 is 9.64 Å². The number of aryl methyl sites for hydroxylation is 1. The number of ether oxygens (including phenoxy) is 1. The molecule has 1 saturated heterocycles. The molecule has 4 nitrogen and oxygen atoms in total. The first-order valence-corrected chi connectivity index (χ1v) is 11.0. The number of nitrogens with zero attached hydrogens (tertiary/aromatic N) is 3. The van der Waals surface area contributed by atoms with Crippen molar-refractivity contribution < 1.29 is 9.13 Å². The highest BCUT2D eigenvalue weighted by molar-refractivity contribution is 5.70. The van der Waals surface area contributed by atoms with Gasteiger partial charge in [-0.25, -0.2) is 4.39 Å². The molecule has 2 aromatic rings.